The van der Waals surface area contributed by atoms with Crippen LogP contribution in [0.15, 0.2) is 30.2 Å². The van der Waals surface area contributed by atoms with E-state index in [1.165, 1.54) is 0 Å². The van der Waals surface area contributed by atoms with Crippen LogP contribution in [0.25, 0.3) is 0 Å². The molecule has 0 aliphatic heterocycles. The zero-order valence-electron chi connectivity index (χ0n) is 9.67. The van der Waals surface area contributed by atoms with Gasteiger partial charge in [0, 0.05) is 17.3 Å². The van der Waals surface area contributed by atoms with Gasteiger partial charge in [-0.3, -0.25) is 9.97 Å². The number of aromatic nitrogens is 2. The van der Waals surface area contributed by atoms with E-state index in [1.807, 2.05) is 6.07 Å². The molecule has 2 rings (SSSR count). The summed E-state index contributed by atoms with van der Waals surface area (Å²) in [5.74, 6) is 0.768. The molecule has 1 atom stereocenters. The minimum absolute atomic E-state index is 0.180. The molecule has 90 valence electrons. The number of hydrogen-bond donors (Lipinski definition) is 1. The summed E-state index contributed by atoms with van der Waals surface area (Å²) in [6.45, 7) is 2.77. The van der Waals surface area contributed by atoms with Crippen molar-refractivity contribution < 1.29 is 4.74 Å². The van der Waals surface area contributed by atoms with Crippen LogP contribution in [0.1, 0.15) is 29.8 Å². The van der Waals surface area contributed by atoms with Crippen molar-refractivity contribution in [2.24, 2.45) is 5.73 Å². The van der Waals surface area contributed by atoms with Gasteiger partial charge in [0.15, 0.2) is 0 Å². The van der Waals surface area contributed by atoms with Crippen LogP contribution in [0.4, 0.5) is 0 Å². The van der Waals surface area contributed by atoms with Gasteiger partial charge in [-0.15, -0.1) is 11.3 Å². The first kappa shape index (κ1) is 12.0. The van der Waals surface area contributed by atoms with Gasteiger partial charge in [0.1, 0.15) is 5.75 Å². The van der Waals surface area contributed by atoms with Gasteiger partial charge in [-0.05, 0) is 18.1 Å². The lowest BCUT2D eigenvalue weighted by molar-refractivity contribution is 0.315. The Hall–Kier alpha value is -1.46. The largest absolute Gasteiger partial charge is 0.492 e. The van der Waals surface area contributed by atoms with Gasteiger partial charge in [-0.25, -0.2) is 0 Å². The van der Waals surface area contributed by atoms with Crippen LogP contribution >= 0.6 is 11.3 Å². The van der Waals surface area contributed by atoms with E-state index in [9.17, 15) is 0 Å². The standard InChI is InChI=1S/C12H15N3OS/c1-2-3-16-10-4-9(5-14-6-10)12(13)11-7-15-8-17-11/h4-8,12H,2-3,13H2,1H3. The Labute approximate surface area is 104 Å². The molecule has 0 saturated heterocycles. The molecule has 2 aromatic rings. The molecule has 5 heteroatoms. The van der Waals surface area contributed by atoms with E-state index < -0.39 is 0 Å². The summed E-state index contributed by atoms with van der Waals surface area (Å²) in [5.41, 5.74) is 8.86. The summed E-state index contributed by atoms with van der Waals surface area (Å²) < 4.78 is 5.53. The van der Waals surface area contributed by atoms with Crippen molar-refractivity contribution in [1.82, 2.24) is 9.97 Å². The van der Waals surface area contributed by atoms with E-state index in [2.05, 4.69) is 16.9 Å². The van der Waals surface area contributed by atoms with Crippen molar-refractivity contribution in [3.63, 3.8) is 0 Å². The molecule has 0 amide bonds. The molecule has 0 fully saturated rings. The van der Waals surface area contributed by atoms with Crippen molar-refractivity contribution in [3.05, 3.63) is 40.6 Å². The Kier molecular flexibility index (Phi) is 4.06. The summed E-state index contributed by atoms with van der Waals surface area (Å²) in [4.78, 5) is 9.20. The number of nitrogens with two attached hydrogens (primary N) is 1. The predicted octanol–water partition coefficient (Wildman–Crippen LogP) is 2.38. The van der Waals surface area contributed by atoms with Gasteiger partial charge in [-0.1, -0.05) is 6.92 Å². The lowest BCUT2D eigenvalue weighted by atomic mass is 10.1. The highest BCUT2D eigenvalue weighted by Gasteiger charge is 2.11. The Balaban J connectivity index is 2.15. The molecule has 0 saturated carbocycles. The van der Waals surface area contributed by atoms with Crippen molar-refractivity contribution in [2.45, 2.75) is 19.4 Å². The third-order valence-electron chi connectivity index (χ3n) is 2.32. The molecular formula is C12H15N3OS. The van der Waals surface area contributed by atoms with Crippen LogP contribution < -0.4 is 10.5 Å². The zero-order valence-corrected chi connectivity index (χ0v) is 10.5. The lowest BCUT2D eigenvalue weighted by Crippen LogP contribution is -2.11. The van der Waals surface area contributed by atoms with E-state index in [0.29, 0.717) is 6.61 Å². The first-order valence-electron chi connectivity index (χ1n) is 5.53. The SMILES string of the molecule is CCCOc1cncc(C(N)c2cncs2)c1. The fourth-order valence-electron chi connectivity index (χ4n) is 1.45. The second-order valence-electron chi connectivity index (χ2n) is 3.68. The predicted molar refractivity (Wildman–Crippen MR) is 68.2 cm³/mol. The van der Waals surface area contributed by atoms with E-state index in [0.717, 1.165) is 22.6 Å². The molecule has 17 heavy (non-hydrogen) atoms. The molecule has 0 aromatic carbocycles. The molecule has 2 heterocycles. The first-order chi connectivity index (χ1) is 8.31. The molecule has 0 aliphatic rings. The van der Waals surface area contributed by atoms with Crippen molar-refractivity contribution in [1.29, 1.82) is 0 Å². The minimum atomic E-state index is -0.180. The number of pyridine rings is 1. The summed E-state index contributed by atoms with van der Waals surface area (Å²) in [5, 5.41) is 0. The molecule has 0 spiro atoms. The quantitative estimate of drug-likeness (QED) is 0.883. The second-order valence-corrected chi connectivity index (χ2v) is 4.60. The lowest BCUT2D eigenvalue weighted by Gasteiger charge is -2.11. The van der Waals surface area contributed by atoms with Crippen LogP contribution in [-0.2, 0) is 0 Å². The van der Waals surface area contributed by atoms with Crippen molar-refractivity contribution in [2.75, 3.05) is 6.61 Å². The summed E-state index contributed by atoms with van der Waals surface area (Å²) in [6, 6.07) is 1.76. The third kappa shape index (κ3) is 3.01. The van der Waals surface area contributed by atoms with Gasteiger partial charge in [0.25, 0.3) is 0 Å². The average molecular weight is 249 g/mol. The van der Waals surface area contributed by atoms with Crippen LogP contribution in [-0.4, -0.2) is 16.6 Å². The van der Waals surface area contributed by atoms with E-state index in [-0.39, 0.29) is 6.04 Å². The Bertz CT molecular complexity index is 459. The highest BCUT2D eigenvalue weighted by molar-refractivity contribution is 7.09. The maximum absolute atomic E-state index is 6.13. The summed E-state index contributed by atoms with van der Waals surface area (Å²) >= 11 is 1.54. The Morgan fingerprint density at radius 2 is 2.24 bits per heavy atom. The van der Waals surface area contributed by atoms with Gasteiger partial charge in [0.05, 0.1) is 24.4 Å². The number of thiazole rings is 1. The summed E-state index contributed by atoms with van der Waals surface area (Å²) in [6.07, 6.45) is 6.24. The van der Waals surface area contributed by atoms with E-state index in [4.69, 9.17) is 10.5 Å². The molecule has 0 bridgehead atoms. The topological polar surface area (TPSA) is 61.0 Å². The number of rotatable bonds is 5. The normalized spacial score (nSPS) is 12.4. The maximum Gasteiger partial charge on any atom is 0.137 e. The zero-order chi connectivity index (χ0) is 12.1. The van der Waals surface area contributed by atoms with Gasteiger partial charge >= 0.3 is 0 Å². The number of hydrogen-bond acceptors (Lipinski definition) is 5. The Morgan fingerprint density at radius 1 is 1.35 bits per heavy atom. The van der Waals surface area contributed by atoms with Crippen molar-refractivity contribution in [3.8, 4) is 5.75 Å². The minimum Gasteiger partial charge on any atom is -0.492 e. The smallest absolute Gasteiger partial charge is 0.137 e. The van der Waals surface area contributed by atoms with Crippen LogP contribution in [0.5, 0.6) is 5.75 Å². The third-order valence-corrected chi connectivity index (χ3v) is 3.18. The highest BCUT2D eigenvalue weighted by atomic mass is 32.1. The number of ether oxygens (including phenoxy) is 1. The molecule has 1 unspecified atom stereocenters. The van der Waals surface area contributed by atoms with E-state index >= 15 is 0 Å². The molecular weight excluding hydrogens is 234 g/mol. The van der Waals surface area contributed by atoms with Crippen molar-refractivity contribution >= 4 is 11.3 Å². The van der Waals surface area contributed by atoms with Gasteiger partial charge in [-0.2, -0.15) is 0 Å². The molecule has 0 radical (unpaired) electrons. The average Bonchev–Trinajstić information content (AvgIpc) is 2.89. The van der Waals surface area contributed by atoms with E-state index in [1.54, 1.807) is 35.4 Å². The second kappa shape index (κ2) is 5.75. The van der Waals surface area contributed by atoms with Crippen LogP contribution in [0.3, 0.4) is 0 Å². The highest BCUT2D eigenvalue weighted by Crippen LogP contribution is 2.24. The van der Waals surface area contributed by atoms with Gasteiger partial charge in [0.2, 0.25) is 0 Å². The fraction of sp³-hybridized carbons (Fsp3) is 0.333. The van der Waals surface area contributed by atoms with Gasteiger partial charge < -0.3 is 10.5 Å². The maximum atomic E-state index is 6.13. The monoisotopic (exact) mass is 249 g/mol. The number of nitrogens with zero attached hydrogens (tertiary/aromatic N) is 2. The Morgan fingerprint density at radius 3 is 2.94 bits per heavy atom. The van der Waals surface area contributed by atoms with Crippen LogP contribution in [0.2, 0.25) is 0 Å². The molecule has 2 aromatic heterocycles. The fourth-order valence-corrected chi connectivity index (χ4v) is 2.10. The molecule has 4 nitrogen and oxygen atoms in total. The molecule has 2 N–H and O–H groups in total. The molecule has 0 aliphatic carbocycles. The van der Waals surface area contributed by atoms with Crippen LogP contribution in [0, 0.1) is 0 Å². The summed E-state index contributed by atoms with van der Waals surface area (Å²) in [7, 11) is 0. The first-order valence-corrected chi connectivity index (χ1v) is 6.41.